The van der Waals surface area contributed by atoms with Crippen LogP contribution in [0.4, 0.5) is 0 Å². The summed E-state index contributed by atoms with van der Waals surface area (Å²) < 4.78 is 5.39. The molecule has 0 amide bonds. The number of hydrogen-bond donors (Lipinski definition) is 3. The van der Waals surface area contributed by atoms with Gasteiger partial charge in [-0.05, 0) is 29.7 Å². The van der Waals surface area contributed by atoms with Crippen molar-refractivity contribution in [3.05, 3.63) is 58.1 Å². The predicted octanol–water partition coefficient (Wildman–Crippen LogP) is 2.20. The molecule has 0 spiro atoms. The zero-order chi connectivity index (χ0) is 18.2. The molecule has 4 unspecified atom stereocenters. The Morgan fingerprint density at radius 1 is 0.962 bits per heavy atom. The smallest absolute Gasteiger partial charge is 0.194 e. The summed E-state index contributed by atoms with van der Waals surface area (Å²) in [5, 5.41) is 30.6. The quantitative estimate of drug-likeness (QED) is 0.679. The molecule has 132 valence electrons. The SMILES string of the molecule is O=C1CCC(c2ccc(O)c3c2C(=O)C(O)C2OC32)c2cccc(O)c21. The first-order chi connectivity index (χ1) is 12.5. The van der Waals surface area contributed by atoms with Crippen molar-refractivity contribution in [2.45, 2.75) is 37.1 Å². The van der Waals surface area contributed by atoms with E-state index in [1.54, 1.807) is 18.2 Å². The van der Waals surface area contributed by atoms with Crippen LogP contribution in [0.3, 0.4) is 0 Å². The lowest BCUT2D eigenvalue weighted by molar-refractivity contribution is 0.0679. The molecule has 0 radical (unpaired) electrons. The Morgan fingerprint density at radius 2 is 1.73 bits per heavy atom. The number of phenolic OH excluding ortho intramolecular Hbond substituents is 2. The van der Waals surface area contributed by atoms with Gasteiger partial charge in [0.25, 0.3) is 0 Å². The van der Waals surface area contributed by atoms with Crippen LogP contribution in [0.2, 0.25) is 0 Å². The van der Waals surface area contributed by atoms with Gasteiger partial charge in [-0.1, -0.05) is 18.2 Å². The number of aliphatic hydroxyl groups excluding tert-OH is 1. The van der Waals surface area contributed by atoms with Gasteiger partial charge >= 0.3 is 0 Å². The average molecular weight is 352 g/mol. The van der Waals surface area contributed by atoms with E-state index >= 15 is 0 Å². The molecular weight excluding hydrogens is 336 g/mol. The number of fused-ring (bicyclic) bond motifs is 4. The average Bonchev–Trinajstić information content (AvgIpc) is 3.41. The number of epoxide rings is 1. The number of ether oxygens (including phenoxy) is 1. The lowest BCUT2D eigenvalue weighted by Gasteiger charge is -2.29. The lowest BCUT2D eigenvalue weighted by atomic mass is 9.73. The van der Waals surface area contributed by atoms with Crippen LogP contribution in [0.1, 0.15) is 62.3 Å². The van der Waals surface area contributed by atoms with Crippen molar-refractivity contribution < 1.29 is 29.6 Å². The van der Waals surface area contributed by atoms with Gasteiger partial charge in [0, 0.05) is 23.5 Å². The normalized spacial score (nSPS) is 29.0. The topological polar surface area (TPSA) is 107 Å². The number of carbonyl (C=O) groups is 2. The molecule has 4 atom stereocenters. The van der Waals surface area contributed by atoms with Crippen molar-refractivity contribution in [2.75, 3.05) is 0 Å². The second-order valence-electron chi connectivity index (χ2n) is 7.05. The molecule has 1 fully saturated rings. The molecule has 1 heterocycles. The number of carbonyl (C=O) groups excluding carboxylic acids is 2. The summed E-state index contributed by atoms with van der Waals surface area (Å²) in [4.78, 5) is 25.0. The fourth-order valence-corrected chi connectivity index (χ4v) is 4.40. The third-order valence-electron chi connectivity index (χ3n) is 5.66. The van der Waals surface area contributed by atoms with Crippen LogP contribution < -0.4 is 0 Å². The van der Waals surface area contributed by atoms with E-state index in [9.17, 15) is 24.9 Å². The van der Waals surface area contributed by atoms with Crippen LogP contribution in [-0.2, 0) is 4.74 Å². The van der Waals surface area contributed by atoms with Crippen molar-refractivity contribution in [1.29, 1.82) is 0 Å². The summed E-state index contributed by atoms with van der Waals surface area (Å²) >= 11 is 0. The lowest BCUT2D eigenvalue weighted by Crippen LogP contribution is -2.33. The number of phenols is 2. The second kappa shape index (κ2) is 5.16. The fourth-order valence-electron chi connectivity index (χ4n) is 4.40. The molecule has 2 aliphatic carbocycles. The van der Waals surface area contributed by atoms with E-state index in [-0.39, 0.29) is 40.7 Å². The summed E-state index contributed by atoms with van der Waals surface area (Å²) in [6, 6.07) is 8.11. The molecule has 26 heavy (non-hydrogen) atoms. The van der Waals surface area contributed by atoms with Crippen LogP contribution in [0.15, 0.2) is 30.3 Å². The van der Waals surface area contributed by atoms with Crippen LogP contribution in [0, 0.1) is 0 Å². The third-order valence-corrected chi connectivity index (χ3v) is 5.66. The molecular formula is C20H16O6. The van der Waals surface area contributed by atoms with E-state index in [2.05, 4.69) is 0 Å². The van der Waals surface area contributed by atoms with Crippen molar-refractivity contribution in [3.63, 3.8) is 0 Å². The number of hydrogen-bond acceptors (Lipinski definition) is 6. The number of rotatable bonds is 1. The summed E-state index contributed by atoms with van der Waals surface area (Å²) in [7, 11) is 0. The Bertz CT molecular complexity index is 979. The summed E-state index contributed by atoms with van der Waals surface area (Å²) in [6.45, 7) is 0. The molecule has 0 bridgehead atoms. The van der Waals surface area contributed by atoms with Crippen molar-refractivity contribution in [3.8, 4) is 11.5 Å². The second-order valence-corrected chi connectivity index (χ2v) is 7.05. The van der Waals surface area contributed by atoms with Gasteiger partial charge in [-0.3, -0.25) is 9.59 Å². The Hall–Kier alpha value is -2.70. The Morgan fingerprint density at radius 3 is 2.54 bits per heavy atom. The van der Waals surface area contributed by atoms with Crippen molar-refractivity contribution >= 4 is 11.6 Å². The number of ketones is 2. The molecule has 6 heteroatoms. The highest BCUT2D eigenvalue weighted by molar-refractivity contribution is 6.06. The summed E-state index contributed by atoms with van der Waals surface area (Å²) in [5.74, 6) is -0.973. The van der Waals surface area contributed by atoms with Crippen molar-refractivity contribution in [2.24, 2.45) is 0 Å². The first-order valence-electron chi connectivity index (χ1n) is 8.57. The number of benzene rings is 2. The van der Waals surface area contributed by atoms with Crippen LogP contribution in [-0.4, -0.2) is 39.1 Å². The minimum absolute atomic E-state index is 0.0282. The van der Waals surface area contributed by atoms with Gasteiger partial charge < -0.3 is 20.1 Å². The first kappa shape index (κ1) is 15.5. The molecule has 5 rings (SSSR count). The molecule has 6 nitrogen and oxygen atoms in total. The zero-order valence-electron chi connectivity index (χ0n) is 13.7. The molecule has 1 saturated heterocycles. The largest absolute Gasteiger partial charge is 0.508 e. The molecule has 2 aromatic rings. The Labute approximate surface area is 148 Å². The molecule has 3 aliphatic rings. The molecule has 3 N–H and O–H groups in total. The maximum atomic E-state index is 12.8. The van der Waals surface area contributed by atoms with Gasteiger partial charge in [0.05, 0.1) is 5.56 Å². The van der Waals surface area contributed by atoms with Gasteiger partial charge in [-0.15, -0.1) is 0 Å². The zero-order valence-corrected chi connectivity index (χ0v) is 13.7. The third kappa shape index (κ3) is 1.94. The predicted molar refractivity (Wildman–Crippen MR) is 89.6 cm³/mol. The van der Waals surface area contributed by atoms with Gasteiger partial charge in [0.1, 0.15) is 29.8 Å². The fraction of sp³-hybridized carbons (Fsp3) is 0.300. The highest BCUT2D eigenvalue weighted by atomic mass is 16.6. The molecule has 0 aromatic heterocycles. The van der Waals surface area contributed by atoms with Gasteiger partial charge in [-0.25, -0.2) is 0 Å². The summed E-state index contributed by atoms with van der Waals surface area (Å²) in [5.41, 5.74) is 2.30. The number of aliphatic hydroxyl groups is 1. The van der Waals surface area contributed by atoms with E-state index in [0.29, 0.717) is 23.1 Å². The number of aromatic hydroxyl groups is 2. The highest BCUT2D eigenvalue weighted by Crippen LogP contribution is 2.53. The molecule has 2 aromatic carbocycles. The van der Waals surface area contributed by atoms with Crippen LogP contribution >= 0.6 is 0 Å². The standard InChI is InChI=1S/C20H16O6/c21-11-3-1-2-9-8(4-6-12(22)14(9)11)10-5-7-13(23)16-15(10)17(24)18(25)20-19(16)26-20/h1-3,5,7-8,18-21,23,25H,4,6H2. The van der Waals surface area contributed by atoms with E-state index < -0.39 is 24.1 Å². The maximum Gasteiger partial charge on any atom is 0.194 e. The van der Waals surface area contributed by atoms with Gasteiger partial charge in [0.2, 0.25) is 0 Å². The van der Waals surface area contributed by atoms with Gasteiger partial charge in [0.15, 0.2) is 11.6 Å². The van der Waals surface area contributed by atoms with Crippen molar-refractivity contribution in [1.82, 2.24) is 0 Å². The van der Waals surface area contributed by atoms with E-state index in [1.165, 1.54) is 12.1 Å². The highest BCUT2D eigenvalue weighted by Gasteiger charge is 2.56. The van der Waals surface area contributed by atoms with E-state index in [4.69, 9.17) is 4.74 Å². The number of Topliss-reactive ketones (excluding diaryl/α,β-unsaturated/α-hetero) is 2. The Balaban J connectivity index is 1.74. The van der Waals surface area contributed by atoms with Crippen LogP contribution in [0.5, 0.6) is 11.5 Å². The monoisotopic (exact) mass is 352 g/mol. The molecule has 0 saturated carbocycles. The van der Waals surface area contributed by atoms with E-state index in [0.717, 1.165) is 0 Å². The minimum atomic E-state index is -1.25. The Kier molecular flexibility index (Phi) is 3.08. The maximum absolute atomic E-state index is 12.8. The summed E-state index contributed by atoms with van der Waals surface area (Å²) in [6.07, 6.45) is -1.58. The molecule has 1 aliphatic heterocycles. The van der Waals surface area contributed by atoms with E-state index in [1.807, 2.05) is 0 Å². The van der Waals surface area contributed by atoms with Crippen LogP contribution in [0.25, 0.3) is 0 Å². The first-order valence-corrected chi connectivity index (χ1v) is 8.57. The minimum Gasteiger partial charge on any atom is -0.508 e. The van der Waals surface area contributed by atoms with Gasteiger partial charge in [-0.2, -0.15) is 0 Å².